The molecule has 9 heteroatoms. The van der Waals surface area contributed by atoms with Gasteiger partial charge in [0, 0.05) is 19.2 Å². The van der Waals surface area contributed by atoms with Crippen molar-refractivity contribution in [3.63, 3.8) is 0 Å². The first kappa shape index (κ1) is 20.7. The topological polar surface area (TPSA) is 97.2 Å². The minimum Gasteiger partial charge on any atom is -0.335 e. The highest BCUT2D eigenvalue weighted by molar-refractivity contribution is 7.89. The van der Waals surface area contributed by atoms with Crippen LogP contribution in [0.25, 0.3) is 5.69 Å². The minimum absolute atomic E-state index is 0.0726. The van der Waals surface area contributed by atoms with Gasteiger partial charge in [0.2, 0.25) is 10.0 Å². The molecule has 0 spiro atoms. The van der Waals surface area contributed by atoms with Gasteiger partial charge in [-0.2, -0.15) is 5.10 Å². The van der Waals surface area contributed by atoms with Crippen molar-refractivity contribution in [1.82, 2.24) is 24.4 Å². The molecular formula is C20H23N5O3S. The molecule has 2 aromatic carbocycles. The molecule has 1 N–H and O–H groups in total. The van der Waals surface area contributed by atoms with Crippen molar-refractivity contribution in [2.24, 2.45) is 0 Å². The maximum absolute atomic E-state index is 12.9. The van der Waals surface area contributed by atoms with Gasteiger partial charge in [-0.05, 0) is 42.8 Å². The van der Waals surface area contributed by atoms with E-state index in [1.165, 1.54) is 18.5 Å². The molecule has 0 bridgehead atoms. The number of nitrogens with one attached hydrogen (secondary N) is 1. The fourth-order valence-electron chi connectivity index (χ4n) is 2.92. The molecule has 29 heavy (non-hydrogen) atoms. The zero-order chi connectivity index (χ0) is 21.0. The van der Waals surface area contributed by atoms with Crippen LogP contribution in [0, 0.1) is 0 Å². The Morgan fingerprint density at radius 1 is 1.21 bits per heavy atom. The van der Waals surface area contributed by atoms with E-state index in [1.807, 2.05) is 31.2 Å². The molecule has 1 amide bonds. The van der Waals surface area contributed by atoms with Gasteiger partial charge in [-0.15, -0.1) is 0 Å². The molecule has 0 aliphatic rings. The second-order valence-electron chi connectivity index (χ2n) is 6.55. The third-order valence-corrected chi connectivity index (χ3v) is 6.23. The van der Waals surface area contributed by atoms with Crippen LogP contribution < -0.4 is 4.72 Å². The summed E-state index contributed by atoms with van der Waals surface area (Å²) in [5.74, 6) is -0.258. The van der Waals surface area contributed by atoms with E-state index in [0.717, 1.165) is 11.3 Å². The first-order chi connectivity index (χ1) is 13.8. The van der Waals surface area contributed by atoms with Crippen molar-refractivity contribution < 1.29 is 13.2 Å². The molecule has 0 saturated heterocycles. The molecular weight excluding hydrogens is 390 g/mol. The lowest BCUT2D eigenvalue weighted by molar-refractivity contribution is 0.0742. The van der Waals surface area contributed by atoms with Gasteiger partial charge >= 0.3 is 0 Å². The second kappa shape index (κ2) is 8.54. The Hall–Kier alpha value is -3.04. The molecule has 0 aliphatic heterocycles. The smallest absolute Gasteiger partial charge is 0.254 e. The van der Waals surface area contributed by atoms with E-state index in [4.69, 9.17) is 0 Å². The van der Waals surface area contributed by atoms with Gasteiger partial charge in [-0.3, -0.25) is 4.79 Å². The molecule has 1 unspecified atom stereocenters. The first-order valence-corrected chi connectivity index (χ1v) is 10.6. The van der Waals surface area contributed by atoms with Crippen LogP contribution in [-0.4, -0.2) is 47.6 Å². The molecule has 0 radical (unpaired) electrons. The van der Waals surface area contributed by atoms with Crippen LogP contribution in [0.4, 0.5) is 0 Å². The monoisotopic (exact) mass is 413 g/mol. The van der Waals surface area contributed by atoms with Crippen molar-refractivity contribution in [1.29, 1.82) is 0 Å². The molecule has 152 valence electrons. The highest BCUT2D eigenvalue weighted by Gasteiger charge is 2.21. The van der Waals surface area contributed by atoms with E-state index in [2.05, 4.69) is 14.8 Å². The lowest BCUT2D eigenvalue weighted by atomic mass is 10.1. The van der Waals surface area contributed by atoms with Crippen molar-refractivity contribution in [2.75, 3.05) is 13.6 Å². The van der Waals surface area contributed by atoms with E-state index in [-0.39, 0.29) is 23.4 Å². The highest BCUT2D eigenvalue weighted by Crippen LogP contribution is 2.23. The van der Waals surface area contributed by atoms with Gasteiger partial charge in [0.15, 0.2) is 0 Å². The second-order valence-corrected chi connectivity index (χ2v) is 8.32. The van der Waals surface area contributed by atoms with Crippen molar-refractivity contribution in [3.05, 3.63) is 72.3 Å². The summed E-state index contributed by atoms with van der Waals surface area (Å²) in [6, 6.07) is 13.5. The Bertz CT molecular complexity index is 1080. The van der Waals surface area contributed by atoms with Gasteiger partial charge in [-0.1, -0.05) is 25.1 Å². The van der Waals surface area contributed by atoms with E-state index < -0.39 is 10.0 Å². The summed E-state index contributed by atoms with van der Waals surface area (Å²) in [7, 11) is -1.93. The molecule has 1 atom stereocenters. The third kappa shape index (κ3) is 4.52. The fourth-order valence-corrected chi connectivity index (χ4v) is 4.01. The van der Waals surface area contributed by atoms with Crippen LogP contribution in [0.15, 0.2) is 66.1 Å². The number of nitrogens with zero attached hydrogens (tertiary/aromatic N) is 4. The number of amides is 1. The fraction of sp³-hybridized carbons (Fsp3) is 0.250. The van der Waals surface area contributed by atoms with Gasteiger partial charge in [0.25, 0.3) is 5.91 Å². The maximum Gasteiger partial charge on any atom is 0.254 e. The Balaban J connectivity index is 1.79. The number of hydrogen-bond acceptors (Lipinski definition) is 5. The summed E-state index contributed by atoms with van der Waals surface area (Å²) in [4.78, 5) is 18.5. The summed E-state index contributed by atoms with van der Waals surface area (Å²) in [6.45, 7) is 3.90. The molecule has 0 fully saturated rings. The predicted octanol–water partition coefficient (Wildman–Crippen LogP) is 2.40. The Labute approximate surface area is 170 Å². The summed E-state index contributed by atoms with van der Waals surface area (Å²) in [5, 5.41) is 4.09. The van der Waals surface area contributed by atoms with Gasteiger partial charge in [-0.25, -0.2) is 22.8 Å². The molecule has 8 nitrogen and oxygen atoms in total. The summed E-state index contributed by atoms with van der Waals surface area (Å²) in [6.07, 6.45) is 3.08. The largest absolute Gasteiger partial charge is 0.335 e. The van der Waals surface area contributed by atoms with Gasteiger partial charge in [0.1, 0.15) is 12.7 Å². The standard InChI is InChI=1S/C20H23N5O3S/c1-4-23-29(27,28)19-7-5-6-17(12-19)20(26)24(3)15(2)16-8-10-18(11-9-16)25-14-21-13-22-25/h5-15,23H,4H2,1-3H3. The van der Waals surface area contributed by atoms with Crippen molar-refractivity contribution >= 4 is 15.9 Å². The van der Waals surface area contributed by atoms with Crippen LogP contribution in [0.5, 0.6) is 0 Å². The number of benzene rings is 2. The number of rotatable bonds is 7. The van der Waals surface area contributed by atoms with Crippen LogP contribution in [0.1, 0.15) is 35.8 Å². The van der Waals surface area contributed by atoms with Crippen LogP contribution >= 0.6 is 0 Å². The number of hydrogen-bond donors (Lipinski definition) is 1. The molecule has 3 aromatic rings. The zero-order valence-electron chi connectivity index (χ0n) is 16.5. The molecule has 0 saturated carbocycles. The Kier molecular flexibility index (Phi) is 6.09. The maximum atomic E-state index is 12.9. The van der Waals surface area contributed by atoms with Crippen LogP contribution in [0.3, 0.4) is 0 Å². The number of carbonyl (C=O) groups is 1. The van der Waals surface area contributed by atoms with Crippen LogP contribution in [0.2, 0.25) is 0 Å². The highest BCUT2D eigenvalue weighted by atomic mass is 32.2. The lowest BCUT2D eigenvalue weighted by Gasteiger charge is -2.26. The van der Waals surface area contributed by atoms with Crippen molar-refractivity contribution in [3.8, 4) is 5.69 Å². The van der Waals surface area contributed by atoms with Crippen LogP contribution in [-0.2, 0) is 10.0 Å². The SMILES string of the molecule is CCNS(=O)(=O)c1cccc(C(=O)N(C)C(C)c2ccc(-n3cncn3)cc2)c1. The number of sulfonamides is 1. The van der Waals surface area contributed by atoms with Gasteiger partial charge < -0.3 is 4.90 Å². The summed E-state index contributed by atoms with van der Waals surface area (Å²) < 4.78 is 28.5. The lowest BCUT2D eigenvalue weighted by Crippen LogP contribution is -2.30. The average Bonchev–Trinajstić information content (AvgIpc) is 3.27. The number of carbonyl (C=O) groups excluding carboxylic acids is 1. The zero-order valence-corrected chi connectivity index (χ0v) is 17.3. The minimum atomic E-state index is -3.62. The molecule has 1 heterocycles. The first-order valence-electron chi connectivity index (χ1n) is 9.15. The number of aromatic nitrogens is 3. The quantitative estimate of drug-likeness (QED) is 0.641. The van der Waals surface area contributed by atoms with Gasteiger partial charge in [0.05, 0.1) is 16.6 Å². The summed E-state index contributed by atoms with van der Waals surface area (Å²) in [5.41, 5.74) is 2.13. The summed E-state index contributed by atoms with van der Waals surface area (Å²) >= 11 is 0. The van der Waals surface area contributed by atoms with E-state index >= 15 is 0 Å². The van der Waals surface area contributed by atoms with E-state index in [0.29, 0.717) is 5.56 Å². The molecule has 3 rings (SSSR count). The Morgan fingerprint density at radius 3 is 2.55 bits per heavy atom. The predicted molar refractivity (Wildman–Crippen MR) is 109 cm³/mol. The van der Waals surface area contributed by atoms with Crippen molar-refractivity contribution in [2.45, 2.75) is 24.8 Å². The van der Waals surface area contributed by atoms with E-state index in [1.54, 1.807) is 42.0 Å². The molecule has 0 aliphatic carbocycles. The molecule has 1 aromatic heterocycles. The third-order valence-electron chi connectivity index (χ3n) is 4.69. The Morgan fingerprint density at radius 2 is 1.93 bits per heavy atom. The van der Waals surface area contributed by atoms with E-state index in [9.17, 15) is 13.2 Å². The average molecular weight is 414 g/mol. The normalized spacial score (nSPS) is 12.5.